The molecule has 2 N–H and O–H groups in total. The first-order chi connectivity index (χ1) is 6.65. The van der Waals surface area contributed by atoms with Crippen molar-refractivity contribution in [2.24, 2.45) is 0 Å². The minimum atomic E-state index is -0.714. The number of nitrogens with one attached hydrogen (secondary N) is 1. The number of amides is 1. The van der Waals surface area contributed by atoms with Crippen molar-refractivity contribution in [2.75, 3.05) is 0 Å². The van der Waals surface area contributed by atoms with E-state index in [0.717, 1.165) is 6.07 Å². The van der Waals surface area contributed by atoms with Gasteiger partial charge in [-0.1, -0.05) is 19.9 Å². The van der Waals surface area contributed by atoms with Gasteiger partial charge in [0.15, 0.2) is 0 Å². The Bertz CT molecular complexity index is 313. The number of hydrogen-bond acceptors (Lipinski definition) is 2. The van der Waals surface area contributed by atoms with Crippen LogP contribution in [0.4, 0.5) is 4.39 Å². The van der Waals surface area contributed by atoms with Crippen LogP contribution < -0.4 is 5.48 Å². The fourth-order valence-corrected chi connectivity index (χ4v) is 0.799. The third-order valence-electron chi connectivity index (χ3n) is 1.54. The highest BCUT2D eigenvalue weighted by atomic mass is 19.1. The molecule has 0 radical (unpaired) electrons. The van der Waals surface area contributed by atoms with Crippen molar-refractivity contribution in [3.05, 3.63) is 35.1 Å². The topological polar surface area (TPSA) is 49.3 Å². The summed E-state index contributed by atoms with van der Waals surface area (Å²) in [6.45, 7) is 5.59. The van der Waals surface area contributed by atoms with Gasteiger partial charge in [0.2, 0.25) is 0 Å². The summed E-state index contributed by atoms with van der Waals surface area (Å²) in [5, 5.41) is 8.23. The molecule has 0 fully saturated rings. The van der Waals surface area contributed by atoms with Gasteiger partial charge in [-0.05, 0) is 24.6 Å². The molecule has 1 aromatic carbocycles. The maximum absolute atomic E-state index is 12.8. The van der Waals surface area contributed by atoms with E-state index >= 15 is 0 Å². The number of rotatable bonds is 1. The Morgan fingerprint density at radius 3 is 2.43 bits per heavy atom. The lowest BCUT2D eigenvalue weighted by molar-refractivity contribution is 0.0706. The van der Waals surface area contributed by atoms with Crippen LogP contribution in [0.3, 0.4) is 0 Å². The second-order valence-corrected chi connectivity index (χ2v) is 2.40. The summed E-state index contributed by atoms with van der Waals surface area (Å²) in [6.07, 6.45) is 0. The summed E-state index contributed by atoms with van der Waals surface area (Å²) in [5.74, 6) is -1.18. The van der Waals surface area contributed by atoms with Crippen LogP contribution in [0, 0.1) is 12.7 Å². The van der Waals surface area contributed by atoms with Crippen molar-refractivity contribution >= 4 is 5.91 Å². The minimum absolute atomic E-state index is 0.0978. The molecule has 0 saturated carbocycles. The van der Waals surface area contributed by atoms with Crippen LogP contribution in [0.2, 0.25) is 0 Å². The zero-order valence-corrected chi connectivity index (χ0v) is 8.47. The molecule has 0 heterocycles. The van der Waals surface area contributed by atoms with Gasteiger partial charge in [-0.3, -0.25) is 10.0 Å². The van der Waals surface area contributed by atoms with Gasteiger partial charge < -0.3 is 0 Å². The van der Waals surface area contributed by atoms with Crippen LogP contribution >= 0.6 is 0 Å². The van der Waals surface area contributed by atoms with E-state index in [-0.39, 0.29) is 5.56 Å². The Balaban J connectivity index is 0.000000791. The molecule has 0 spiro atoms. The third kappa shape index (κ3) is 3.14. The Morgan fingerprint density at radius 1 is 1.43 bits per heavy atom. The third-order valence-corrected chi connectivity index (χ3v) is 1.54. The minimum Gasteiger partial charge on any atom is -0.288 e. The van der Waals surface area contributed by atoms with E-state index in [1.165, 1.54) is 17.6 Å². The van der Waals surface area contributed by atoms with Gasteiger partial charge in [-0.15, -0.1) is 0 Å². The van der Waals surface area contributed by atoms with Gasteiger partial charge in [-0.2, -0.15) is 0 Å². The van der Waals surface area contributed by atoms with Crippen LogP contribution in [0.1, 0.15) is 29.8 Å². The van der Waals surface area contributed by atoms with Crippen molar-refractivity contribution in [2.45, 2.75) is 20.8 Å². The molecule has 3 nitrogen and oxygen atoms in total. The molecule has 0 aliphatic carbocycles. The van der Waals surface area contributed by atoms with Crippen LogP contribution in [0.25, 0.3) is 0 Å². The van der Waals surface area contributed by atoms with Crippen LogP contribution in [0.5, 0.6) is 0 Å². The molecular formula is C10H14FNO2. The highest BCUT2D eigenvalue weighted by Crippen LogP contribution is 2.08. The number of hydrogen-bond donors (Lipinski definition) is 2. The van der Waals surface area contributed by atoms with E-state index in [2.05, 4.69) is 0 Å². The Kier molecular flexibility index (Phi) is 5.48. The van der Waals surface area contributed by atoms with Gasteiger partial charge >= 0.3 is 0 Å². The number of halogens is 1. The Hall–Kier alpha value is -1.42. The number of carbonyl (C=O) groups is 1. The fraction of sp³-hybridized carbons (Fsp3) is 0.300. The fourth-order valence-electron chi connectivity index (χ4n) is 0.799. The maximum atomic E-state index is 12.8. The summed E-state index contributed by atoms with van der Waals surface area (Å²) in [5.41, 5.74) is 1.98. The van der Waals surface area contributed by atoms with Gasteiger partial charge in [0.25, 0.3) is 5.91 Å². The highest BCUT2D eigenvalue weighted by Gasteiger charge is 2.05. The standard InChI is InChI=1S/C8H8FNO2.C2H6/c1-5-2-3-6(4-7(5)9)8(11)10-12;1-2/h2-4,12H,1H3,(H,10,11);1-2H3. The maximum Gasteiger partial charge on any atom is 0.274 e. The number of benzene rings is 1. The molecule has 4 heteroatoms. The largest absolute Gasteiger partial charge is 0.288 e. The normalized spacial score (nSPS) is 8.64. The van der Waals surface area contributed by atoms with Crippen LogP contribution in [-0.4, -0.2) is 11.1 Å². The van der Waals surface area contributed by atoms with Gasteiger partial charge in [0.05, 0.1) is 0 Å². The molecule has 0 aliphatic heterocycles. The molecule has 78 valence electrons. The van der Waals surface area contributed by atoms with Crippen LogP contribution in [0.15, 0.2) is 18.2 Å². The average Bonchev–Trinajstić information content (AvgIpc) is 2.24. The van der Waals surface area contributed by atoms with Gasteiger partial charge in [-0.25, -0.2) is 9.87 Å². The first kappa shape index (κ1) is 12.6. The predicted molar refractivity (Wildman–Crippen MR) is 51.7 cm³/mol. The van der Waals surface area contributed by atoms with Crippen molar-refractivity contribution in [1.82, 2.24) is 5.48 Å². The molecule has 1 amide bonds. The lowest BCUT2D eigenvalue weighted by Gasteiger charge is -1.99. The monoisotopic (exact) mass is 199 g/mol. The molecule has 0 aromatic heterocycles. The average molecular weight is 199 g/mol. The first-order valence-corrected chi connectivity index (χ1v) is 4.35. The predicted octanol–water partition coefficient (Wildman–Crippen LogP) is 2.28. The summed E-state index contributed by atoms with van der Waals surface area (Å²) in [6, 6.07) is 3.98. The first-order valence-electron chi connectivity index (χ1n) is 4.35. The molecule has 1 aromatic rings. The quantitative estimate of drug-likeness (QED) is 0.538. The Morgan fingerprint density at radius 2 is 2.00 bits per heavy atom. The highest BCUT2D eigenvalue weighted by molar-refractivity contribution is 5.93. The second-order valence-electron chi connectivity index (χ2n) is 2.40. The molecule has 0 bridgehead atoms. The van der Waals surface area contributed by atoms with E-state index in [9.17, 15) is 9.18 Å². The van der Waals surface area contributed by atoms with Crippen molar-refractivity contribution in [3.8, 4) is 0 Å². The molecule has 0 atom stereocenters. The number of carbonyl (C=O) groups excluding carboxylic acids is 1. The van der Waals surface area contributed by atoms with E-state index in [0.29, 0.717) is 5.56 Å². The lowest BCUT2D eigenvalue weighted by Crippen LogP contribution is -2.18. The molecular weight excluding hydrogens is 185 g/mol. The summed E-state index contributed by atoms with van der Waals surface area (Å²) < 4.78 is 12.8. The van der Waals surface area contributed by atoms with E-state index in [1.54, 1.807) is 6.92 Å². The SMILES string of the molecule is CC.Cc1ccc(C(=O)NO)cc1F. The lowest BCUT2D eigenvalue weighted by atomic mass is 10.1. The second kappa shape index (κ2) is 6.10. The van der Waals surface area contributed by atoms with E-state index in [1.807, 2.05) is 13.8 Å². The molecule has 0 saturated heterocycles. The zero-order valence-electron chi connectivity index (χ0n) is 8.47. The van der Waals surface area contributed by atoms with Gasteiger partial charge in [0, 0.05) is 5.56 Å². The van der Waals surface area contributed by atoms with Crippen molar-refractivity contribution < 1.29 is 14.4 Å². The van der Waals surface area contributed by atoms with Gasteiger partial charge in [0.1, 0.15) is 5.82 Å². The number of hydroxylamine groups is 1. The summed E-state index contributed by atoms with van der Waals surface area (Å²) in [7, 11) is 0. The molecule has 0 aliphatic rings. The summed E-state index contributed by atoms with van der Waals surface area (Å²) in [4.78, 5) is 10.7. The van der Waals surface area contributed by atoms with Crippen LogP contribution in [-0.2, 0) is 0 Å². The number of aryl methyl sites for hydroxylation is 1. The summed E-state index contributed by atoms with van der Waals surface area (Å²) >= 11 is 0. The van der Waals surface area contributed by atoms with E-state index in [4.69, 9.17) is 5.21 Å². The van der Waals surface area contributed by atoms with E-state index < -0.39 is 11.7 Å². The zero-order chi connectivity index (χ0) is 11.1. The smallest absolute Gasteiger partial charge is 0.274 e. The van der Waals surface area contributed by atoms with Crippen molar-refractivity contribution in [3.63, 3.8) is 0 Å². The molecule has 1 rings (SSSR count). The molecule has 14 heavy (non-hydrogen) atoms. The van der Waals surface area contributed by atoms with Crippen molar-refractivity contribution in [1.29, 1.82) is 0 Å². The molecule has 0 unspecified atom stereocenters. The Labute approximate surface area is 82.5 Å².